The van der Waals surface area contributed by atoms with Gasteiger partial charge in [-0.25, -0.2) is 4.98 Å². The number of piperidine rings is 2. The zero-order valence-corrected chi connectivity index (χ0v) is 15.9. The van der Waals surface area contributed by atoms with Gasteiger partial charge in [-0.15, -0.1) is 0 Å². The lowest BCUT2D eigenvalue weighted by atomic mass is 9.94. The zero-order chi connectivity index (χ0) is 17.8. The second kappa shape index (κ2) is 8.17. The third kappa shape index (κ3) is 4.72. The number of amides is 1. The summed E-state index contributed by atoms with van der Waals surface area (Å²) in [5, 5.41) is 0. The van der Waals surface area contributed by atoms with Crippen molar-refractivity contribution >= 4 is 11.7 Å². The lowest BCUT2D eigenvalue weighted by Gasteiger charge is -2.37. The molecule has 2 saturated heterocycles. The molecule has 0 aromatic carbocycles. The molecule has 5 heteroatoms. The number of aromatic nitrogens is 1. The van der Waals surface area contributed by atoms with Gasteiger partial charge < -0.3 is 14.7 Å². The summed E-state index contributed by atoms with van der Waals surface area (Å²) >= 11 is 0. The molecule has 1 unspecified atom stereocenters. The van der Waals surface area contributed by atoms with Crippen molar-refractivity contribution in [3.63, 3.8) is 0 Å². The van der Waals surface area contributed by atoms with E-state index in [9.17, 15) is 4.79 Å². The fraction of sp³-hybridized carbons (Fsp3) is 0.700. The Balaban J connectivity index is 1.56. The number of nitrogens with zero attached hydrogens (tertiary/aromatic N) is 4. The van der Waals surface area contributed by atoms with Gasteiger partial charge in [0.05, 0.1) is 5.56 Å². The van der Waals surface area contributed by atoms with Crippen LogP contribution in [0.3, 0.4) is 0 Å². The Kier molecular flexibility index (Phi) is 5.94. The number of hydrogen-bond donors (Lipinski definition) is 0. The molecule has 1 aromatic heterocycles. The van der Waals surface area contributed by atoms with E-state index in [-0.39, 0.29) is 5.91 Å². The summed E-state index contributed by atoms with van der Waals surface area (Å²) in [5.41, 5.74) is 0.707. The number of carbonyl (C=O) groups is 1. The molecule has 0 saturated carbocycles. The number of anilines is 1. The first kappa shape index (κ1) is 18.2. The summed E-state index contributed by atoms with van der Waals surface area (Å²) < 4.78 is 0. The van der Waals surface area contributed by atoms with Crippen LogP contribution in [0.4, 0.5) is 5.82 Å². The Bertz CT molecular complexity index is 564. The highest BCUT2D eigenvalue weighted by atomic mass is 16.2. The average molecular weight is 345 g/mol. The molecule has 2 aliphatic heterocycles. The van der Waals surface area contributed by atoms with Gasteiger partial charge in [-0.3, -0.25) is 4.79 Å². The van der Waals surface area contributed by atoms with Crippen LogP contribution in [0.1, 0.15) is 43.0 Å². The number of carbonyl (C=O) groups excluding carboxylic acids is 1. The van der Waals surface area contributed by atoms with Crippen LogP contribution in [-0.4, -0.2) is 67.5 Å². The van der Waals surface area contributed by atoms with Crippen molar-refractivity contribution in [1.29, 1.82) is 0 Å². The minimum Gasteiger partial charge on any atom is -0.363 e. The van der Waals surface area contributed by atoms with Crippen molar-refractivity contribution < 1.29 is 4.79 Å². The van der Waals surface area contributed by atoms with E-state index in [0.717, 1.165) is 37.8 Å². The fourth-order valence-corrected chi connectivity index (χ4v) is 3.97. The van der Waals surface area contributed by atoms with Crippen LogP contribution < -0.4 is 4.90 Å². The van der Waals surface area contributed by atoms with Crippen LogP contribution in [0.2, 0.25) is 0 Å². The first-order valence-corrected chi connectivity index (χ1v) is 9.68. The fourth-order valence-electron chi connectivity index (χ4n) is 3.97. The van der Waals surface area contributed by atoms with Gasteiger partial charge >= 0.3 is 0 Å². The Morgan fingerprint density at radius 1 is 1.20 bits per heavy atom. The normalized spacial score (nSPS) is 22.8. The van der Waals surface area contributed by atoms with E-state index >= 15 is 0 Å². The van der Waals surface area contributed by atoms with Crippen LogP contribution in [0.25, 0.3) is 0 Å². The molecule has 1 amide bonds. The number of rotatable bonds is 4. The van der Waals surface area contributed by atoms with E-state index in [0.29, 0.717) is 11.5 Å². The Morgan fingerprint density at radius 3 is 2.60 bits per heavy atom. The Labute approximate surface area is 152 Å². The molecule has 0 N–H and O–H groups in total. The van der Waals surface area contributed by atoms with Gasteiger partial charge in [-0.05, 0) is 62.7 Å². The summed E-state index contributed by atoms with van der Waals surface area (Å²) in [4.78, 5) is 23.8. The van der Waals surface area contributed by atoms with E-state index in [4.69, 9.17) is 0 Å². The molecule has 25 heavy (non-hydrogen) atoms. The molecule has 138 valence electrons. The molecule has 1 atom stereocenters. The lowest BCUT2D eigenvalue weighted by Crippen LogP contribution is -2.45. The number of likely N-dealkylation sites (tertiary alicyclic amines) is 2. The predicted molar refractivity (Wildman–Crippen MR) is 102 cm³/mol. The third-order valence-corrected chi connectivity index (χ3v) is 5.65. The molecule has 0 aliphatic carbocycles. The van der Waals surface area contributed by atoms with E-state index in [1.54, 1.807) is 6.20 Å². The molecular formula is C20H32N4O. The molecule has 0 radical (unpaired) electrons. The molecule has 0 bridgehead atoms. The maximum absolute atomic E-state index is 12.8. The van der Waals surface area contributed by atoms with Crippen LogP contribution >= 0.6 is 0 Å². The predicted octanol–water partition coefficient (Wildman–Crippen LogP) is 2.73. The van der Waals surface area contributed by atoms with E-state index in [2.05, 4.69) is 16.8 Å². The van der Waals surface area contributed by atoms with Crippen molar-refractivity contribution in [3.8, 4) is 0 Å². The largest absolute Gasteiger partial charge is 0.363 e. The van der Waals surface area contributed by atoms with Gasteiger partial charge in [0.2, 0.25) is 0 Å². The minimum atomic E-state index is 0.134. The van der Waals surface area contributed by atoms with E-state index in [1.807, 2.05) is 36.0 Å². The van der Waals surface area contributed by atoms with E-state index < -0.39 is 0 Å². The van der Waals surface area contributed by atoms with Crippen molar-refractivity contribution in [2.45, 2.75) is 32.6 Å². The molecule has 0 spiro atoms. The molecular weight excluding hydrogens is 312 g/mol. The quantitative estimate of drug-likeness (QED) is 0.842. The van der Waals surface area contributed by atoms with Gasteiger partial charge in [0.1, 0.15) is 5.82 Å². The number of pyridine rings is 1. The lowest BCUT2D eigenvalue weighted by molar-refractivity contribution is 0.0622. The summed E-state index contributed by atoms with van der Waals surface area (Å²) in [6.45, 7) is 7.72. The van der Waals surface area contributed by atoms with Gasteiger partial charge in [-0.1, -0.05) is 6.92 Å². The monoisotopic (exact) mass is 344 g/mol. The molecule has 3 rings (SSSR count). The third-order valence-electron chi connectivity index (χ3n) is 5.65. The van der Waals surface area contributed by atoms with Gasteiger partial charge in [0.25, 0.3) is 5.91 Å². The highest BCUT2D eigenvalue weighted by molar-refractivity contribution is 5.94. The van der Waals surface area contributed by atoms with Crippen molar-refractivity contribution in [1.82, 2.24) is 14.8 Å². The average Bonchev–Trinajstić information content (AvgIpc) is 2.63. The van der Waals surface area contributed by atoms with Crippen molar-refractivity contribution in [3.05, 3.63) is 23.9 Å². The van der Waals surface area contributed by atoms with Crippen molar-refractivity contribution in [2.75, 3.05) is 51.7 Å². The summed E-state index contributed by atoms with van der Waals surface area (Å²) in [5.74, 6) is 2.50. The van der Waals surface area contributed by atoms with Crippen LogP contribution in [0.15, 0.2) is 18.3 Å². The summed E-state index contributed by atoms with van der Waals surface area (Å²) in [7, 11) is 3.92. The zero-order valence-electron chi connectivity index (χ0n) is 15.9. The smallest absolute Gasteiger partial charge is 0.255 e. The van der Waals surface area contributed by atoms with Gasteiger partial charge in [-0.2, -0.15) is 0 Å². The Morgan fingerprint density at radius 2 is 1.96 bits per heavy atom. The van der Waals surface area contributed by atoms with Crippen LogP contribution in [0, 0.1) is 11.8 Å². The first-order chi connectivity index (χ1) is 12.0. The highest BCUT2D eigenvalue weighted by Gasteiger charge is 2.27. The molecule has 3 heterocycles. The Hall–Kier alpha value is -1.62. The molecule has 1 aromatic rings. The minimum absolute atomic E-state index is 0.134. The maximum atomic E-state index is 12.8. The molecule has 5 nitrogen and oxygen atoms in total. The van der Waals surface area contributed by atoms with Gasteiger partial charge in [0, 0.05) is 39.9 Å². The second-order valence-corrected chi connectivity index (χ2v) is 8.04. The maximum Gasteiger partial charge on any atom is 0.255 e. The van der Waals surface area contributed by atoms with Crippen molar-refractivity contribution in [2.24, 2.45) is 11.8 Å². The SMILES string of the molecule is CC1CCN(CC2CCCN(C(=O)c3ccc(N(C)C)nc3)C2)CC1. The molecule has 2 fully saturated rings. The summed E-state index contributed by atoms with van der Waals surface area (Å²) in [6.07, 6.45) is 6.71. The molecule has 2 aliphatic rings. The summed E-state index contributed by atoms with van der Waals surface area (Å²) in [6, 6.07) is 3.82. The van der Waals surface area contributed by atoms with E-state index in [1.165, 1.54) is 32.4 Å². The second-order valence-electron chi connectivity index (χ2n) is 8.04. The highest BCUT2D eigenvalue weighted by Crippen LogP contribution is 2.23. The topological polar surface area (TPSA) is 39.7 Å². The first-order valence-electron chi connectivity index (χ1n) is 9.68. The standard InChI is InChI=1S/C20H32N4O/c1-16-8-11-23(12-9-16)14-17-5-4-10-24(15-17)20(25)18-6-7-19(21-13-18)22(2)3/h6-7,13,16-17H,4-5,8-12,14-15H2,1-3H3. The van der Waals surface area contributed by atoms with Crippen LogP contribution in [-0.2, 0) is 0 Å². The van der Waals surface area contributed by atoms with Crippen LogP contribution in [0.5, 0.6) is 0 Å². The number of hydrogen-bond acceptors (Lipinski definition) is 4. The van der Waals surface area contributed by atoms with Gasteiger partial charge in [0.15, 0.2) is 0 Å².